The Labute approximate surface area is 203 Å². The molecule has 2 amide bonds. The maximum atomic E-state index is 13.9. The van der Waals surface area contributed by atoms with Gasteiger partial charge in [-0.2, -0.15) is 0 Å². The molecule has 2 N–H and O–H groups in total. The predicted octanol–water partition coefficient (Wildman–Crippen LogP) is 3.33. The number of hydrogen-bond donors (Lipinski definition) is 2. The van der Waals surface area contributed by atoms with Crippen LogP contribution in [0.1, 0.15) is 41.5 Å². The van der Waals surface area contributed by atoms with Crippen LogP contribution in [0.15, 0.2) is 52.6 Å². The largest absolute Gasteiger partial charge is 0.491 e. The number of nitrogens with zero attached hydrogens (tertiary/aromatic N) is 3. The van der Waals surface area contributed by atoms with E-state index in [4.69, 9.17) is 9.84 Å². The van der Waals surface area contributed by atoms with Crippen LogP contribution in [0.4, 0.5) is 8.78 Å². The highest BCUT2D eigenvalue weighted by molar-refractivity contribution is 9.12. The van der Waals surface area contributed by atoms with Gasteiger partial charge in [0.2, 0.25) is 0 Å². The Balaban J connectivity index is 1.75. The highest BCUT2D eigenvalue weighted by atomic mass is 79.9. The number of nitrogens with one attached hydrogen (secondary N) is 1. The van der Waals surface area contributed by atoms with Crippen molar-refractivity contribution >= 4 is 27.7 Å². The fourth-order valence-electron chi connectivity index (χ4n) is 3.19. The second-order valence-corrected chi connectivity index (χ2v) is 8.07. The van der Waals surface area contributed by atoms with Crippen molar-refractivity contribution in [2.75, 3.05) is 13.2 Å². The van der Waals surface area contributed by atoms with Crippen molar-refractivity contribution < 1.29 is 28.2 Å². The number of halogens is 3. The molecule has 34 heavy (non-hydrogen) atoms. The number of benzene rings is 1. The number of carbonyl (C=O) groups is 2. The van der Waals surface area contributed by atoms with Crippen LogP contribution >= 0.6 is 15.9 Å². The first-order valence-corrected chi connectivity index (χ1v) is 11.3. The molecular weight excluding hydrogens is 514 g/mol. The molecule has 0 radical (unpaired) electrons. The fourth-order valence-corrected chi connectivity index (χ4v) is 3.68. The lowest BCUT2D eigenvalue weighted by molar-refractivity contribution is -0.125. The van der Waals surface area contributed by atoms with Crippen molar-refractivity contribution in [1.82, 2.24) is 20.2 Å². The summed E-state index contributed by atoms with van der Waals surface area (Å²) in [6, 6.07) is 3.21. The van der Waals surface area contributed by atoms with Crippen molar-refractivity contribution in [2.45, 2.75) is 32.9 Å². The van der Waals surface area contributed by atoms with Crippen LogP contribution in [0.25, 0.3) is 0 Å². The van der Waals surface area contributed by atoms with Gasteiger partial charge in [-0.25, -0.2) is 13.8 Å². The van der Waals surface area contributed by atoms with Crippen LogP contribution in [-0.4, -0.2) is 44.9 Å². The summed E-state index contributed by atoms with van der Waals surface area (Å²) in [5, 5.41) is 11.3. The minimum absolute atomic E-state index is 0.0930. The Morgan fingerprint density at radius 1 is 1.29 bits per heavy atom. The molecule has 8 nitrogen and oxygen atoms in total. The number of carbonyl (C=O) groups excluding carboxylic acids is 2. The van der Waals surface area contributed by atoms with Gasteiger partial charge in [0.25, 0.3) is 11.8 Å². The van der Waals surface area contributed by atoms with E-state index in [0.29, 0.717) is 24.3 Å². The van der Waals surface area contributed by atoms with E-state index >= 15 is 0 Å². The quantitative estimate of drug-likeness (QED) is 0.509. The van der Waals surface area contributed by atoms with Gasteiger partial charge in [-0.15, -0.1) is 0 Å². The number of allylic oxidation sites excluding steroid dienone is 2. The first-order valence-electron chi connectivity index (χ1n) is 10.5. The fraction of sp³-hybridized carbons (Fsp3) is 0.304. The zero-order valence-corrected chi connectivity index (χ0v) is 19.9. The highest BCUT2D eigenvalue weighted by Crippen LogP contribution is 2.29. The van der Waals surface area contributed by atoms with Crippen molar-refractivity contribution in [2.24, 2.45) is 0 Å². The Morgan fingerprint density at radius 2 is 2.09 bits per heavy atom. The molecule has 11 heteroatoms. The molecular formula is C23H23BrF2N4O4. The molecule has 0 aliphatic carbocycles. The Bertz CT molecular complexity index is 1120. The lowest BCUT2D eigenvalue weighted by Gasteiger charge is -2.23. The van der Waals surface area contributed by atoms with Crippen LogP contribution in [0.5, 0.6) is 0 Å². The van der Waals surface area contributed by atoms with E-state index in [0.717, 1.165) is 17.8 Å². The summed E-state index contributed by atoms with van der Waals surface area (Å²) in [4.78, 5) is 34.9. The number of aromatic nitrogens is 2. The van der Waals surface area contributed by atoms with Gasteiger partial charge in [0.1, 0.15) is 34.2 Å². The third-order valence-electron chi connectivity index (χ3n) is 4.98. The number of aliphatic hydroxyl groups is 1. The molecule has 2 aromatic rings. The van der Waals surface area contributed by atoms with Crippen LogP contribution < -0.4 is 5.32 Å². The molecule has 0 saturated heterocycles. The molecule has 0 spiro atoms. The lowest BCUT2D eigenvalue weighted by Crippen LogP contribution is -2.30. The minimum Gasteiger partial charge on any atom is -0.491 e. The summed E-state index contributed by atoms with van der Waals surface area (Å²) in [6.07, 6.45) is 5.40. The van der Waals surface area contributed by atoms with E-state index in [-0.39, 0.29) is 48.0 Å². The summed E-state index contributed by atoms with van der Waals surface area (Å²) in [5.41, 5.74) is 1.46. The number of ether oxygens (including phenoxy) is 1. The molecule has 0 bridgehead atoms. The molecule has 1 aliphatic heterocycles. The van der Waals surface area contributed by atoms with Gasteiger partial charge in [0.15, 0.2) is 0 Å². The van der Waals surface area contributed by atoms with Crippen molar-refractivity contribution in [3.63, 3.8) is 0 Å². The molecule has 0 unspecified atom stereocenters. The van der Waals surface area contributed by atoms with E-state index in [2.05, 4.69) is 31.2 Å². The summed E-state index contributed by atoms with van der Waals surface area (Å²) in [6.45, 7) is 1.77. The van der Waals surface area contributed by atoms with Gasteiger partial charge in [0, 0.05) is 30.3 Å². The third-order valence-corrected chi connectivity index (χ3v) is 5.76. The molecule has 1 aromatic heterocycles. The number of aliphatic hydroxyl groups excluding tert-OH is 1. The molecule has 2 heterocycles. The predicted molar refractivity (Wildman–Crippen MR) is 122 cm³/mol. The molecule has 0 saturated carbocycles. The average molecular weight is 537 g/mol. The smallest absolute Gasteiger partial charge is 0.271 e. The van der Waals surface area contributed by atoms with Gasteiger partial charge in [0.05, 0.1) is 31.2 Å². The zero-order valence-electron chi connectivity index (χ0n) is 18.4. The number of hydrogen-bond acceptors (Lipinski definition) is 6. The molecule has 0 fully saturated rings. The molecule has 180 valence electrons. The van der Waals surface area contributed by atoms with Crippen LogP contribution in [0.3, 0.4) is 0 Å². The van der Waals surface area contributed by atoms with Gasteiger partial charge in [-0.05, 0) is 34.5 Å². The normalized spacial score (nSPS) is 14.1. The van der Waals surface area contributed by atoms with Gasteiger partial charge in [-0.3, -0.25) is 14.6 Å². The van der Waals surface area contributed by atoms with E-state index in [9.17, 15) is 18.4 Å². The number of amides is 2. The summed E-state index contributed by atoms with van der Waals surface area (Å²) in [5.74, 6) is -1.91. The SMILES string of the molecule is CCC1=CCC(OCc2ccc(F)cc2F)=C(Br)C(=O)N1Cc1cnc(C(=O)NCCO)cn1. The summed E-state index contributed by atoms with van der Waals surface area (Å²) < 4.78 is 33.0. The maximum Gasteiger partial charge on any atom is 0.271 e. The van der Waals surface area contributed by atoms with Crippen molar-refractivity contribution in [3.05, 3.63) is 81.2 Å². The maximum absolute atomic E-state index is 13.9. The van der Waals surface area contributed by atoms with Crippen LogP contribution in [0, 0.1) is 11.6 Å². The highest BCUT2D eigenvalue weighted by Gasteiger charge is 2.27. The molecule has 1 aromatic carbocycles. The standard InChI is InChI=1S/C23H23BrF2N4O4/c1-2-17-5-6-20(34-13-14-3-4-15(25)9-18(14)26)21(24)23(33)30(17)12-16-10-29-19(11-28-16)22(32)27-7-8-31/h3-5,9-11,31H,2,6-8,12-13H2,1H3,(H,27,32). The molecule has 1 aliphatic rings. The molecule has 3 rings (SSSR count). The summed E-state index contributed by atoms with van der Waals surface area (Å²) in [7, 11) is 0. The van der Waals surface area contributed by atoms with E-state index in [1.165, 1.54) is 23.4 Å². The lowest BCUT2D eigenvalue weighted by atomic mass is 10.2. The van der Waals surface area contributed by atoms with Crippen LogP contribution in [-0.2, 0) is 22.7 Å². The Hall–Kier alpha value is -3.18. The average Bonchev–Trinajstić information content (AvgIpc) is 2.94. The summed E-state index contributed by atoms with van der Waals surface area (Å²) >= 11 is 3.31. The van der Waals surface area contributed by atoms with Gasteiger partial charge >= 0.3 is 0 Å². The minimum atomic E-state index is -0.727. The Kier molecular flexibility index (Phi) is 8.83. The first-order chi connectivity index (χ1) is 16.3. The molecule has 0 atom stereocenters. The van der Waals surface area contributed by atoms with Crippen molar-refractivity contribution in [1.29, 1.82) is 0 Å². The van der Waals surface area contributed by atoms with Crippen molar-refractivity contribution in [3.8, 4) is 0 Å². The zero-order chi connectivity index (χ0) is 24.7. The monoisotopic (exact) mass is 536 g/mol. The topological polar surface area (TPSA) is 105 Å². The van der Waals surface area contributed by atoms with E-state index < -0.39 is 17.5 Å². The first kappa shape index (κ1) is 25.4. The Morgan fingerprint density at radius 3 is 2.74 bits per heavy atom. The van der Waals surface area contributed by atoms with Gasteiger partial charge in [-0.1, -0.05) is 13.0 Å². The third kappa shape index (κ3) is 6.23. The second kappa shape index (κ2) is 11.8. The second-order valence-electron chi connectivity index (χ2n) is 7.28. The van der Waals surface area contributed by atoms with Crippen LogP contribution in [0.2, 0.25) is 0 Å². The number of rotatable bonds is 9. The van der Waals surface area contributed by atoms with E-state index in [1.807, 2.05) is 13.0 Å². The van der Waals surface area contributed by atoms with Gasteiger partial charge < -0.3 is 20.1 Å². The van der Waals surface area contributed by atoms with E-state index in [1.54, 1.807) is 0 Å².